The first-order valence-electron chi connectivity index (χ1n) is 8.26. The molecule has 0 aliphatic carbocycles. The molecule has 0 saturated heterocycles. The lowest BCUT2D eigenvalue weighted by atomic mass is 10.0. The average molecular weight is 364 g/mol. The SMILES string of the molecule is COC(=O)[C@@H](CC=C(C)C)NC(=O)[C@@H](Cc1ccccc1F)NC(C)=O. The second kappa shape index (κ2) is 10.3. The number of rotatable bonds is 8. The van der Waals surface area contributed by atoms with Gasteiger partial charge in [-0.15, -0.1) is 0 Å². The van der Waals surface area contributed by atoms with Gasteiger partial charge in [0.05, 0.1) is 7.11 Å². The van der Waals surface area contributed by atoms with Crippen LogP contribution in [0.2, 0.25) is 0 Å². The highest BCUT2D eigenvalue weighted by atomic mass is 19.1. The van der Waals surface area contributed by atoms with E-state index in [0.717, 1.165) is 5.57 Å². The van der Waals surface area contributed by atoms with E-state index in [4.69, 9.17) is 4.74 Å². The monoisotopic (exact) mass is 364 g/mol. The summed E-state index contributed by atoms with van der Waals surface area (Å²) in [6.45, 7) is 5.01. The van der Waals surface area contributed by atoms with Crippen LogP contribution in [0.4, 0.5) is 4.39 Å². The summed E-state index contributed by atoms with van der Waals surface area (Å²) in [5, 5.41) is 5.07. The highest BCUT2D eigenvalue weighted by Gasteiger charge is 2.27. The van der Waals surface area contributed by atoms with Gasteiger partial charge in [-0.3, -0.25) is 9.59 Å². The minimum atomic E-state index is -1.01. The van der Waals surface area contributed by atoms with Crippen molar-refractivity contribution in [2.24, 2.45) is 0 Å². The number of amides is 2. The molecule has 7 heteroatoms. The third-order valence-corrected chi connectivity index (χ3v) is 3.64. The fourth-order valence-corrected chi connectivity index (χ4v) is 2.32. The van der Waals surface area contributed by atoms with Crippen molar-refractivity contribution in [3.8, 4) is 0 Å². The van der Waals surface area contributed by atoms with Crippen LogP contribution < -0.4 is 10.6 Å². The number of benzene rings is 1. The number of esters is 1. The summed E-state index contributed by atoms with van der Waals surface area (Å²) in [7, 11) is 1.23. The molecule has 0 bridgehead atoms. The normalized spacial score (nSPS) is 12.5. The Morgan fingerprint density at radius 1 is 1.12 bits per heavy atom. The Kier molecular flexibility index (Phi) is 8.48. The maximum atomic E-state index is 13.9. The van der Waals surface area contributed by atoms with Crippen LogP contribution in [0.1, 0.15) is 32.8 Å². The van der Waals surface area contributed by atoms with E-state index < -0.39 is 35.7 Å². The number of hydrogen-bond acceptors (Lipinski definition) is 4. The largest absolute Gasteiger partial charge is 0.467 e. The molecule has 0 unspecified atom stereocenters. The van der Waals surface area contributed by atoms with Crippen LogP contribution in [0.15, 0.2) is 35.9 Å². The maximum Gasteiger partial charge on any atom is 0.328 e. The standard InChI is InChI=1S/C19H25FN2O4/c1-12(2)9-10-16(19(25)26-4)22-18(24)17(21-13(3)23)11-14-7-5-6-8-15(14)20/h5-9,16-17H,10-11H2,1-4H3,(H,21,23)(H,22,24)/t16-,17-/m1/s1. The van der Waals surface area contributed by atoms with Gasteiger partial charge in [0.25, 0.3) is 0 Å². The van der Waals surface area contributed by atoms with Gasteiger partial charge in [-0.05, 0) is 31.9 Å². The van der Waals surface area contributed by atoms with Gasteiger partial charge in [0.15, 0.2) is 0 Å². The summed E-state index contributed by atoms with van der Waals surface area (Å²) in [6.07, 6.45) is 2.02. The third-order valence-electron chi connectivity index (χ3n) is 3.64. The molecule has 0 saturated carbocycles. The van der Waals surface area contributed by atoms with Crippen molar-refractivity contribution in [1.29, 1.82) is 0 Å². The molecule has 0 fully saturated rings. The smallest absolute Gasteiger partial charge is 0.328 e. The van der Waals surface area contributed by atoms with Gasteiger partial charge in [0.1, 0.15) is 17.9 Å². The molecule has 0 aliphatic rings. The lowest BCUT2D eigenvalue weighted by Gasteiger charge is -2.21. The Bertz CT molecular complexity index is 684. The van der Waals surface area contributed by atoms with Crippen molar-refractivity contribution in [1.82, 2.24) is 10.6 Å². The molecule has 2 N–H and O–H groups in total. The van der Waals surface area contributed by atoms with Crippen molar-refractivity contribution in [2.45, 2.75) is 45.7 Å². The molecule has 1 rings (SSSR count). The summed E-state index contributed by atoms with van der Waals surface area (Å²) in [5.74, 6) is -2.07. The molecule has 0 radical (unpaired) electrons. The third kappa shape index (κ3) is 7.04. The average Bonchev–Trinajstić information content (AvgIpc) is 2.58. The molecule has 0 aliphatic heterocycles. The first-order chi connectivity index (χ1) is 12.2. The number of hydrogen-bond donors (Lipinski definition) is 2. The number of allylic oxidation sites excluding steroid dienone is 1. The lowest BCUT2D eigenvalue weighted by molar-refractivity contribution is -0.145. The second-order valence-corrected chi connectivity index (χ2v) is 6.15. The topological polar surface area (TPSA) is 84.5 Å². The molecule has 0 aromatic heterocycles. The molecule has 0 heterocycles. The van der Waals surface area contributed by atoms with Gasteiger partial charge < -0.3 is 15.4 Å². The molecule has 142 valence electrons. The number of carbonyl (C=O) groups is 3. The number of ether oxygens (including phenoxy) is 1. The van der Waals surface area contributed by atoms with Crippen LogP contribution >= 0.6 is 0 Å². The van der Waals surface area contributed by atoms with Crippen molar-refractivity contribution in [2.75, 3.05) is 7.11 Å². The number of nitrogens with one attached hydrogen (secondary N) is 2. The van der Waals surface area contributed by atoms with E-state index in [1.54, 1.807) is 24.3 Å². The van der Waals surface area contributed by atoms with Crippen LogP contribution in [-0.2, 0) is 25.5 Å². The fourth-order valence-electron chi connectivity index (χ4n) is 2.32. The van der Waals surface area contributed by atoms with E-state index in [-0.39, 0.29) is 12.8 Å². The predicted octanol–water partition coefficient (Wildman–Crippen LogP) is 1.89. The van der Waals surface area contributed by atoms with Crippen LogP contribution in [0, 0.1) is 5.82 Å². The van der Waals surface area contributed by atoms with Gasteiger partial charge >= 0.3 is 5.97 Å². The Balaban J connectivity index is 2.95. The number of methoxy groups -OCH3 is 1. The summed E-state index contributed by atoms with van der Waals surface area (Å²) in [4.78, 5) is 35.9. The van der Waals surface area contributed by atoms with Crippen molar-refractivity contribution >= 4 is 17.8 Å². The summed E-state index contributed by atoms with van der Waals surface area (Å²) in [5.41, 5.74) is 1.28. The first kappa shape index (κ1) is 21.3. The second-order valence-electron chi connectivity index (χ2n) is 6.15. The highest BCUT2D eigenvalue weighted by Crippen LogP contribution is 2.10. The van der Waals surface area contributed by atoms with Gasteiger partial charge in [-0.1, -0.05) is 29.8 Å². The summed E-state index contributed by atoms with van der Waals surface area (Å²) < 4.78 is 18.6. The van der Waals surface area contributed by atoms with E-state index in [1.165, 1.54) is 20.1 Å². The van der Waals surface area contributed by atoms with Crippen LogP contribution in [0.3, 0.4) is 0 Å². The Morgan fingerprint density at radius 3 is 2.31 bits per heavy atom. The molecule has 0 spiro atoms. The van der Waals surface area contributed by atoms with Gasteiger partial charge in [-0.2, -0.15) is 0 Å². The van der Waals surface area contributed by atoms with E-state index in [1.807, 2.05) is 13.8 Å². The van der Waals surface area contributed by atoms with Crippen molar-refractivity contribution < 1.29 is 23.5 Å². The number of carbonyl (C=O) groups excluding carboxylic acids is 3. The van der Waals surface area contributed by atoms with Crippen LogP contribution in [-0.4, -0.2) is 37.0 Å². The van der Waals surface area contributed by atoms with E-state index in [9.17, 15) is 18.8 Å². The molecule has 6 nitrogen and oxygen atoms in total. The zero-order valence-electron chi connectivity index (χ0n) is 15.5. The van der Waals surface area contributed by atoms with Crippen LogP contribution in [0.5, 0.6) is 0 Å². The zero-order valence-corrected chi connectivity index (χ0v) is 15.5. The molecule has 1 aromatic carbocycles. The minimum Gasteiger partial charge on any atom is -0.467 e. The Morgan fingerprint density at radius 2 is 1.77 bits per heavy atom. The fraction of sp³-hybridized carbons (Fsp3) is 0.421. The van der Waals surface area contributed by atoms with Gasteiger partial charge in [0, 0.05) is 13.3 Å². The minimum absolute atomic E-state index is 0.0331. The first-order valence-corrected chi connectivity index (χ1v) is 8.26. The molecule has 2 atom stereocenters. The van der Waals surface area contributed by atoms with Crippen LogP contribution in [0.25, 0.3) is 0 Å². The van der Waals surface area contributed by atoms with Gasteiger partial charge in [-0.25, -0.2) is 9.18 Å². The molecule has 1 aromatic rings. The predicted molar refractivity (Wildman–Crippen MR) is 95.7 cm³/mol. The quantitative estimate of drug-likeness (QED) is 0.545. The maximum absolute atomic E-state index is 13.9. The van der Waals surface area contributed by atoms with E-state index in [0.29, 0.717) is 5.56 Å². The highest BCUT2D eigenvalue weighted by molar-refractivity contribution is 5.90. The molecule has 26 heavy (non-hydrogen) atoms. The van der Waals surface area contributed by atoms with E-state index >= 15 is 0 Å². The summed E-state index contributed by atoms with van der Waals surface area (Å²) >= 11 is 0. The Hall–Kier alpha value is -2.70. The lowest BCUT2D eigenvalue weighted by Crippen LogP contribution is -2.52. The molecular formula is C19H25FN2O4. The molecular weight excluding hydrogens is 339 g/mol. The van der Waals surface area contributed by atoms with Crippen molar-refractivity contribution in [3.63, 3.8) is 0 Å². The molecule has 2 amide bonds. The zero-order chi connectivity index (χ0) is 19.7. The Labute approximate surface area is 152 Å². The number of halogens is 1. The van der Waals surface area contributed by atoms with Crippen molar-refractivity contribution in [3.05, 3.63) is 47.3 Å². The summed E-state index contributed by atoms with van der Waals surface area (Å²) in [6, 6.07) is 4.11. The van der Waals surface area contributed by atoms with E-state index in [2.05, 4.69) is 10.6 Å². The van der Waals surface area contributed by atoms with Gasteiger partial charge in [0.2, 0.25) is 11.8 Å².